The van der Waals surface area contributed by atoms with Gasteiger partial charge in [0.2, 0.25) is 0 Å². The molecule has 0 saturated heterocycles. The molecule has 0 radical (unpaired) electrons. The van der Waals surface area contributed by atoms with Gasteiger partial charge in [-0.25, -0.2) is 0 Å². The van der Waals surface area contributed by atoms with Gasteiger partial charge in [0.25, 0.3) is 0 Å². The molecule has 0 unspecified atom stereocenters. The van der Waals surface area contributed by atoms with E-state index in [0.29, 0.717) is 0 Å². The van der Waals surface area contributed by atoms with E-state index in [1.807, 2.05) is 36.4 Å². The Morgan fingerprint density at radius 3 is 2.69 bits per heavy atom. The van der Waals surface area contributed by atoms with Crippen molar-refractivity contribution in [1.82, 2.24) is 0 Å². The summed E-state index contributed by atoms with van der Waals surface area (Å²) >= 11 is 0.0221. The van der Waals surface area contributed by atoms with Crippen LogP contribution < -0.4 is 4.46 Å². The Bertz CT molecular complexity index is 335. The van der Waals surface area contributed by atoms with Crippen LogP contribution in [0.5, 0.6) is 0 Å². The van der Waals surface area contributed by atoms with Crippen molar-refractivity contribution in [3.8, 4) is 0 Å². The summed E-state index contributed by atoms with van der Waals surface area (Å²) in [6.07, 6.45) is 4.40. The Hall–Kier alpha value is -1.05. The second-order valence-corrected chi connectivity index (χ2v) is 6.15. The molecule has 16 heavy (non-hydrogen) atoms. The average molecular weight is 283 g/mol. The van der Waals surface area contributed by atoms with E-state index in [-0.39, 0.29) is 19.8 Å². The third-order valence-electron chi connectivity index (χ3n) is 2.17. The van der Waals surface area contributed by atoms with Crippen molar-refractivity contribution in [2.45, 2.75) is 24.1 Å². The molecule has 0 aliphatic carbocycles. The molecule has 0 aliphatic rings. The van der Waals surface area contributed by atoms with Crippen LogP contribution in [-0.4, -0.2) is 26.0 Å². The Balaban J connectivity index is 2.51. The molecule has 1 N–H and O–H groups in total. The monoisotopic (exact) mass is 284 g/mol. The Morgan fingerprint density at radius 2 is 2.12 bits per heavy atom. The summed E-state index contributed by atoms with van der Waals surface area (Å²) in [7, 11) is 0. The summed E-state index contributed by atoms with van der Waals surface area (Å²) in [6.45, 7) is 3.64. The number of allylic oxidation sites excluding steroid dienone is 1. The van der Waals surface area contributed by atoms with Crippen molar-refractivity contribution in [2.24, 2.45) is 0 Å². The van der Waals surface area contributed by atoms with E-state index in [2.05, 4.69) is 6.58 Å². The molecule has 0 heterocycles. The average Bonchev–Trinajstić information content (AvgIpc) is 2.29. The first-order chi connectivity index (χ1) is 7.74. The molecular weight excluding hydrogens is 267 g/mol. The van der Waals surface area contributed by atoms with E-state index in [0.717, 1.165) is 23.7 Å². The second kappa shape index (κ2) is 7.26. The van der Waals surface area contributed by atoms with Gasteiger partial charge >= 0.3 is 102 Å². The van der Waals surface area contributed by atoms with Crippen LogP contribution in [0.3, 0.4) is 0 Å². The maximum absolute atomic E-state index is 11.1. The molecule has 1 aromatic rings. The predicted octanol–water partition coefficient (Wildman–Crippen LogP) is 2.25. The van der Waals surface area contributed by atoms with Crippen molar-refractivity contribution < 1.29 is 9.90 Å². The fourth-order valence-electron chi connectivity index (χ4n) is 1.34. The van der Waals surface area contributed by atoms with Gasteiger partial charge in [0.1, 0.15) is 0 Å². The fraction of sp³-hybridized carbons (Fsp3) is 0.308. The van der Waals surface area contributed by atoms with Gasteiger partial charge in [-0.2, -0.15) is 0 Å². The van der Waals surface area contributed by atoms with Gasteiger partial charge in [0.15, 0.2) is 0 Å². The van der Waals surface area contributed by atoms with Gasteiger partial charge < -0.3 is 0 Å². The first kappa shape index (κ1) is 13.0. The Morgan fingerprint density at radius 1 is 1.44 bits per heavy atom. The van der Waals surface area contributed by atoms with Crippen molar-refractivity contribution in [2.75, 3.05) is 0 Å². The van der Waals surface area contributed by atoms with E-state index >= 15 is 0 Å². The summed E-state index contributed by atoms with van der Waals surface area (Å²) < 4.78 is 1.15. The number of carbonyl (C=O) groups is 1. The number of unbranched alkanes of at least 4 members (excludes halogenated alkanes) is 1. The van der Waals surface area contributed by atoms with Gasteiger partial charge in [-0.1, -0.05) is 0 Å². The van der Waals surface area contributed by atoms with Crippen LogP contribution >= 0.6 is 0 Å². The molecule has 0 amide bonds. The second-order valence-electron chi connectivity index (χ2n) is 3.48. The third-order valence-corrected chi connectivity index (χ3v) is 4.83. The normalized spacial score (nSPS) is 12.0. The zero-order valence-electron chi connectivity index (χ0n) is 9.13. The van der Waals surface area contributed by atoms with Gasteiger partial charge in [0.05, 0.1) is 0 Å². The molecular formula is C13H16O2Se. The Labute approximate surface area is 103 Å². The van der Waals surface area contributed by atoms with Gasteiger partial charge in [0, 0.05) is 0 Å². The number of hydrogen-bond donors (Lipinski definition) is 1. The maximum atomic E-state index is 11.1. The van der Waals surface area contributed by atoms with Crippen LogP contribution in [0.4, 0.5) is 0 Å². The van der Waals surface area contributed by atoms with E-state index in [1.54, 1.807) is 0 Å². The first-order valence-corrected chi connectivity index (χ1v) is 7.14. The minimum absolute atomic E-state index is 0.0221. The van der Waals surface area contributed by atoms with Crippen molar-refractivity contribution in [3.63, 3.8) is 0 Å². The summed E-state index contributed by atoms with van der Waals surface area (Å²) in [5.41, 5.74) is 0. The van der Waals surface area contributed by atoms with Crippen LogP contribution in [0, 0.1) is 0 Å². The quantitative estimate of drug-likeness (QED) is 0.473. The predicted molar refractivity (Wildman–Crippen MR) is 67.3 cm³/mol. The molecule has 1 atom stereocenters. The molecule has 0 saturated carbocycles. The molecule has 0 aromatic heterocycles. The summed E-state index contributed by atoms with van der Waals surface area (Å²) in [5, 5.41) is 9.12. The van der Waals surface area contributed by atoms with E-state index in [9.17, 15) is 4.79 Å². The molecule has 2 nitrogen and oxygen atoms in total. The minimum atomic E-state index is -0.673. The number of benzene rings is 1. The van der Waals surface area contributed by atoms with E-state index in [1.165, 1.54) is 0 Å². The van der Waals surface area contributed by atoms with Gasteiger partial charge in [-0.05, 0) is 0 Å². The molecule has 0 bridgehead atoms. The number of carboxylic acid groups (broad SMARTS) is 1. The topological polar surface area (TPSA) is 37.3 Å². The third kappa shape index (κ3) is 4.65. The zero-order chi connectivity index (χ0) is 11.8. The van der Waals surface area contributed by atoms with Crippen LogP contribution in [0.2, 0.25) is 4.82 Å². The van der Waals surface area contributed by atoms with Crippen molar-refractivity contribution in [3.05, 3.63) is 43.0 Å². The summed E-state index contributed by atoms with van der Waals surface area (Å²) in [5.74, 6) is -0.673. The first-order valence-electron chi connectivity index (χ1n) is 5.29. The number of aliphatic carboxylic acids is 1. The number of rotatable bonds is 7. The summed E-state index contributed by atoms with van der Waals surface area (Å²) in [6, 6.07) is 9.87. The molecule has 1 rings (SSSR count). The summed E-state index contributed by atoms with van der Waals surface area (Å²) in [4.78, 5) is 10.9. The fourth-order valence-corrected chi connectivity index (χ4v) is 3.50. The standard InChI is InChI=1S/C13H16O2Se/c1-2-3-5-10-12(13(14)15)16-11-8-6-4-7-9-11/h2,4,6-9,12H,1,3,5,10H2,(H,14,15)/t12-/m0/s1. The van der Waals surface area contributed by atoms with Crippen LogP contribution in [0.15, 0.2) is 43.0 Å². The SMILES string of the molecule is C=CCCC[C@H]([Se]c1ccccc1)C(=O)O. The van der Waals surface area contributed by atoms with E-state index in [4.69, 9.17) is 5.11 Å². The molecule has 3 heteroatoms. The zero-order valence-corrected chi connectivity index (χ0v) is 10.8. The molecule has 1 aromatic carbocycles. The molecule has 0 fully saturated rings. The molecule has 86 valence electrons. The van der Waals surface area contributed by atoms with Crippen LogP contribution in [0.25, 0.3) is 0 Å². The van der Waals surface area contributed by atoms with Crippen LogP contribution in [-0.2, 0) is 4.79 Å². The molecule has 0 spiro atoms. The number of hydrogen-bond acceptors (Lipinski definition) is 1. The van der Waals surface area contributed by atoms with Crippen molar-refractivity contribution >= 4 is 25.4 Å². The van der Waals surface area contributed by atoms with Crippen molar-refractivity contribution in [1.29, 1.82) is 0 Å². The molecule has 0 aliphatic heterocycles. The van der Waals surface area contributed by atoms with E-state index < -0.39 is 5.97 Å². The van der Waals surface area contributed by atoms with Crippen LogP contribution in [0.1, 0.15) is 19.3 Å². The van der Waals surface area contributed by atoms with Gasteiger partial charge in [-0.3, -0.25) is 0 Å². The number of carboxylic acids is 1. The Kier molecular flexibility index (Phi) is 5.91. The van der Waals surface area contributed by atoms with Gasteiger partial charge in [-0.15, -0.1) is 0 Å².